The minimum Gasteiger partial charge on any atom is -0.486 e. The van der Waals surface area contributed by atoms with Gasteiger partial charge in [-0.1, -0.05) is 36.4 Å². The third-order valence-electron chi connectivity index (χ3n) is 2.73. The van der Waals surface area contributed by atoms with E-state index in [1.807, 2.05) is 12.1 Å². The predicted octanol–water partition coefficient (Wildman–Crippen LogP) is 4.18. The SMILES string of the molecule is C=CC(=O)Nc1ccc(OCc2ccccc2Cl)c(F)c1. The number of nitrogens with one attached hydrogen (secondary N) is 1. The van der Waals surface area contributed by atoms with Crippen LogP contribution < -0.4 is 10.1 Å². The van der Waals surface area contributed by atoms with E-state index in [0.717, 1.165) is 11.6 Å². The molecule has 2 rings (SSSR count). The number of anilines is 1. The van der Waals surface area contributed by atoms with E-state index in [0.29, 0.717) is 10.7 Å². The number of hydrogen-bond acceptors (Lipinski definition) is 2. The van der Waals surface area contributed by atoms with Crippen molar-refractivity contribution in [2.24, 2.45) is 0 Å². The first-order chi connectivity index (χ1) is 10.1. The van der Waals surface area contributed by atoms with Crippen LogP contribution in [0.4, 0.5) is 10.1 Å². The van der Waals surface area contributed by atoms with E-state index in [-0.39, 0.29) is 12.4 Å². The molecule has 5 heteroatoms. The molecule has 0 saturated carbocycles. The van der Waals surface area contributed by atoms with Gasteiger partial charge >= 0.3 is 0 Å². The van der Waals surface area contributed by atoms with Crippen molar-refractivity contribution in [3.8, 4) is 5.75 Å². The quantitative estimate of drug-likeness (QED) is 0.841. The molecule has 0 aliphatic heterocycles. The van der Waals surface area contributed by atoms with E-state index in [1.54, 1.807) is 18.2 Å². The van der Waals surface area contributed by atoms with Crippen LogP contribution in [0.5, 0.6) is 5.75 Å². The summed E-state index contributed by atoms with van der Waals surface area (Å²) in [5.74, 6) is -0.880. The van der Waals surface area contributed by atoms with Gasteiger partial charge in [-0.3, -0.25) is 4.79 Å². The zero-order valence-electron chi connectivity index (χ0n) is 11.1. The first kappa shape index (κ1) is 15.1. The molecule has 0 radical (unpaired) electrons. The molecule has 0 fully saturated rings. The summed E-state index contributed by atoms with van der Waals surface area (Å²) >= 11 is 6.00. The maximum atomic E-state index is 13.9. The van der Waals surface area contributed by atoms with E-state index in [9.17, 15) is 9.18 Å². The average molecular weight is 306 g/mol. The van der Waals surface area contributed by atoms with Crippen molar-refractivity contribution in [2.45, 2.75) is 6.61 Å². The van der Waals surface area contributed by atoms with Gasteiger partial charge in [-0.15, -0.1) is 0 Å². The molecule has 1 N–H and O–H groups in total. The van der Waals surface area contributed by atoms with Gasteiger partial charge in [0.25, 0.3) is 0 Å². The summed E-state index contributed by atoms with van der Waals surface area (Å²) in [4.78, 5) is 11.1. The Labute approximate surface area is 127 Å². The molecule has 0 heterocycles. The van der Waals surface area contributed by atoms with E-state index >= 15 is 0 Å². The normalized spacial score (nSPS) is 10.0. The summed E-state index contributed by atoms with van der Waals surface area (Å²) < 4.78 is 19.3. The van der Waals surface area contributed by atoms with E-state index in [4.69, 9.17) is 16.3 Å². The Kier molecular flexibility index (Phi) is 4.95. The lowest BCUT2D eigenvalue weighted by atomic mass is 10.2. The number of carbonyl (C=O) groups is 1. The number of amides is 1. The lowest BCUT2D eigenvalue weighted by Gasteiger charge is -2.10. The second-order valence-corrected chi connectivity index (χ2v) is 4.63. The van der Waals surface area contributed by atoms with Gasteiger partial charge in [0.2, 0.25) is 5.91 Å². The highest BCUT2D eigenvalue weighted by molar-refractivity contribution is 6.31. The van der Waals surface area contributed by atoms with Crippen LogP contribution >= 0.6 is 11.6 Å². The minimum atomic E-state index is -0.566. The van der Waals surface area contributed by atoms with Crippen molar-refractivity contribution >= 4 is 23.2 Å². The van der Waals surface area contributed by atoms with Crippen LogP contribution in [0.15, 0.2) is 55.1 Å². The molecule has 1 amide bonds. The van der Waals surface area contributed by atoms with Crippen molar-refractivity contribution in [3.63, 3.8) is 0 Å². The summed E-state index contributed by atoms with van der Waals surface area (Å²) in [5.41, 5.74) is 1.10. The molecule has 108 valence electrons. The number of carbonyl (C=O) groups excluding carboxylic acids is 1. The third kappa shape index (κ3) is 4.07. The number of halogens is 2. The minimum absolute atomic E-state index is 0.0894. The Morgan fingerprint density at radius 3 is 2.76 bits per heavy atom. The van der Waals surface area contributed by atoms with Crippen LogP contribution in [0.2, 0.25) is 5.02 Å². The molecule has 0 aliphatic carbocycles. The van der Waals surface area contributed by atoms with Gasteiger partial charge in [0.15, 0.2) is 11.6 Å². The number of rotatable bonds is 5. The Balaban J connectivity index is 2.06. The number of benzene rings is 2. The van der Waals surface area contributed by atoms with Crippen LogP contribution in [-0.4, -0.2) is 5.91 Å². The molecule has 3 nitrogen and oxygen atoms in total. The molecule has 0 spiro atoms. The fourth-order valence-electron chi connectivity index (χ4n) is 1.66. The van der Waals surface area contributed by atoms with Crippen molar-refractivity contribution in [3.05, 3.63) is 71.5 Å². The summed E-state index contributed by atoms with van der Waals surface area (Å²) in [6.45, 7) is 3.49. The molecule has 21 heavy (non-hydrogen) atoms. The Morgan fingerprint density at radius 1 is 1.33 bits per heavy atom. The molecule has 0 saturated heterocycles. The zero-order valence-corrected chi connectivity index (χ0v) is 11.9. The van der Waals surface area contributed by atoms with Crippen LogP contribution in [0, 0.1) is 5.82 Å². The topological polar surface area (TPSA) is 38.3 Å². The van der Waals surface area contributed by atoms with Gasteiger partial charge in [-0.05, 0) is 24.3 Å². The summed E-state index contributed by atoms with van der Waals surface area (Å²) in [6.07, 6.45) is 1.11. The largest absolute Gasteiger partial charge is 0.486 e. The maximum Gasteiger partial charge on any atom is 0.247 e. The molecule has 0 atom stereocenters. The number of ether oxygens (including phenoxy) is 1. The second-order valence-electron chi connectivity index (χ2n) is 4.22. The molecule has 0 aliphatic rings. The highest BCUT2D eigenvalue weighted by Gasteiger charge is 2.07. The highest BCUT2D eigenvalue weighted by Crippen LogP contribution is 2.23. The Morgan fingerprint density at radius 2 is 2.10 bits per heavy atom. The average Bonchev–Trinajstić information content (AvgIpc) is 2.48. The molecular weight excluding hydrogens is 293 g/mol. The van der Waals surface area contributed by atoms with Gasteiger partial charge in [0, 0.05) is 22.3 Å². The Bertz CT molecular complexity index is 673. The molecule has 0 aromatic heterocycles. The van der Waals surface area contributed by atoms with Crippen LogP contribution in [0.25, 0.3) is 0 Å². The first-order valence-corrected chi connectivity index (χ1v) is 6.57. The van der Waals surface area contributed by atoms with E-state index in [2.05, 4.69) is 11.9 Å². The summed E-state index contributed by atoms with van der Waals surface area (Å²) in [6, 6.07) is 11.4. The number of hydrogen-bond donors (Lipinski definition) is 1. The molecule has 0 bridgehead atoms. The lowest BCUT2D eigenvalue weighted by Crippen LogP contribution is -2.07. The predicted molar refractivity (Wildman–Crippen MR) is 81.0 cm³/mol. The molecule has 2 aromatic carbocycles. The second kappa shape index (κ2) is 6.90. The smallest absolute Gasteiger partial charge is 0.247 e. The molecule has 2 aromatic rings. The highest BCUT2D eigenvalue weighted by atomic mass is 35.5. The summed E-state index contributed by atoms with van der Waals surface area (Å²) in [7, 11) is 0. The van der Waals surface area contributed by atoms with Crippen LogP contribution in [0.1, 0.15) is 5.56 Å². The third-order valence-corrected chi connectivity index (χ3v) is 3.09. The van der Waals surface area contributed by atoms with E-state index < -0.39 is 11.7 Å². The first-order valence-electron chi connectivity index (χ1n) is 6.19. The van der Waals surface area contributed by atoms with Crippen molar-refractivity contribution in [2.75, 3.05) is 5.32 Å². The van der Waals surface area contributed by atoms with E-state index in [1.165, 1.54) is 12.1 Å². The lowest BCUT2D eigenvalue weighted by molar-refractivity contribution is -0.111. The summed E-state index contributed by atoms with van der Waals surface area (Å²) in [5, 5.41) is 3.03. The van der Waals surface area contributed by atoms with Gasteiger partial charge in [0.05, 0.1) is 0 Å². The van der Waals surface area contributed by atoms with Gasteiger partial charge in [-0.2, -0.15) is 0 Å². The van der Waals surface area contributed by atoms with Gasteiger partial charge in [-0.25, -0.2) is 4.39 Å². The van der Waals surface area contributed by atoms with Crippen molar-refractivity contribution < 1.29 is 13.9 Å². The van der Waals surface area contributed by atoms with Crippen LogP contribution in [-0.2, 0) is 11.4 Å². The van der Waals surface area contributed by atoms with Crippen molar-refractivity contribution in [1.82, 2.24) is 0 Å². The van der Waals surface area contributed by atoms with Gasteiger partial charge in [0.1, 0.15) is 6.61 Å². The monoisotopic (exact) mass is 305 g/mol. The van der Waals surface area contributed by atoms with Crippen LogP contribution in [0.3, 0.4) is 0 Å². The van der Waals surface area contributed by atoms with Gasteiger partial charge < -0.3 is 10.1 Å². The zero-order chi connectivity index (χ0) is 15.2. The fraction of sp³-hybridized carbons (Fsp3) is 0.0625. The molecule has 0 unspecified atom stereocenters. The fourth-order valence-corrected chi connectivity index (χ4v) is 1.85. The molecular formula is C16H13ClFNO2. The Hall–Kier alpha value is -2.33. The maximum absolute atomic E-state index is 13.9. The van der Waals surface area contributed by atoms with Crippen molar-refractivity contribution in [1.29, 1.82) is 0 Å². The standard InChI is InChI=1S/C16H13ClFNO2/c1-2-16(20)19-12-7-8-15(14(18)9-12)21-10-11-5-3-4-6-13(11)17/h2-9H,1,10H2,(H,19,20).